The van der Waals surface area contributed by atoms with Crippen molar-refractivity contribution in [3.05, 3.63) is 24.5 Å². The van der Waals surface area contributed by atoms with Crippen LogP contribution in [0.3, 0.4) is 0 Å². The summed E-state index contributed by atoms with van der Waals surface area (Å²) in [6.07, 6.45) is 3.92. The minimum absolute atomic E-state index is 0.0362. The lowest BCUT2D eigenvalue weighted by atomic mass is 10.1. The van der Waals surface area contributed by atoms with Gasteiger partial charge in [-0.15, -0.1) is 0 Å². The van der Waals surface area contributed by atoms with E-state index in [2.05, 4.69) is 30.7 Å². The topological polar surface area (TPSA) is 33.0 Å². The van der Waals surface area contributed by atoms with Crippen molar-refractivity contribution in [3.8, 4) is 0 Å². The lowest BCUT2D eigenvalue weighted by Crippen LogP contribution is -2.49. The van der Waals surface area contributed by atoms with Gasteiger partial charge in [0.15, 0.2) is 17.9 Å². The van der Waals surface area contributed by atoms with Crippen molar-refractivity contribution < 1.29 is 9.36 Å². The van der Waals surface area contributed by atoms with Gasteiger partial charge in [-0.05, 0) is 6.07 Å². The van der Waals surface area contributed by atoms with Gasteiger partial charge in [-0.2, -0.15) is 4.57 Å². The van der Waals surface area contributed by atoms with Crippen molar-refractivity contribution in [1.82, 2.24) is 0 Å². The molecule has 3 heteroatoms. The molecule has 0 unspecified atom stereocenters. The maximum Gasteiger partial charge on any atom is 0.221 e. The van der Waals surface area contributed by atoms with E-state index in [9.17, 15) is 4.79 Å². The number of nitrogens with one attached hydrogen (secondary N) is 1. The summed E-state index contributed by atoms with van der Waals surface area (Å²) in [6, 6.07) is 3.81. The van der Waals surface area contributed by atoms with Gasteiger partial charge in [0.2, 0.25) is 5.91 Å². The molecule has 1 N–H and O–H groups in total. The minimum Gasteiger partial charge on any atom is -0.321 e. The van der Waals surface area contributed by atoms with E-state index < -0.39 is 0 Å². The average Bonchev–Trinajstić information content (AvgIpc) is 2.01. The molecule has 0 bridgehead atoms. The molecule has 1 heterocycles. The average molecular weight is 193 g/mol. The van der Waals surface area contributed by atoms with Gasteiger partial charge in [0.25, 0.3) is 0 Å². The number of pyridine rings is 1. The van der Waals surface area contributed by atoms with E-state index in [1.807, 2.05) is 24.5 Å². The van der Waals surface area contributed by atoms with Crippen LogP contribution in [0.2, 0.25) is 0 Å². The molecule has 0 saturated heterocycles. The summed E-state index contributed by atoms with van der Waals surface area (Å²) < 4.78 is 2.07. The Morgan fingerprint density at radius 1 is 1.43 bits per heavy atom. The molecule has 0 aliphatic heterocycles. The summed E-state index contributed by atoms with van der Waals surface area (Å²) in [5.41, 5.74) is 0.865. The van der Waals surface area contributed by atoms with Gasteiger partial charge in [0.05, 0.1) is 0 Å². The number of carbonyl (C=O) groups is 1. The molecule has 1 aromatic rings. The van der Waals surface area contributed by atoms with E-state index in [1.165, 1.54) is 6.92 Å². The van der Waals surface area contributed by atoms with Crippen LogP contribution in [0.25, 0.3) is 0 Å². The molecule has 76 valence electrons. The van der Waals surface area contributed by atoms with Crippen molar-refractivity contribution in [2.45, 2.75) is 33.2 Å². The van der Waals surface area contributed by atoms with Crippen molar-refractivity contribution in [2.24, 2.45) is 0 Å². The Bertz CT molecular complexity index is 339. The lowest BCUT2D eigenvalue weighted by Gasteiger charge is -2.13. The third-order valence-electron chi connectivity index (χ3n) is 1.90. The Labute approximate surface area is 84.8 Å². The lowest BCUT2D eigenvalue weighted by molar-refractivity contribution is -0.753. The molecule has 0 atom stereocenters. The zero-order chi connectivity index (χ0) is 10.8. The van der Waals surface area contributed by atoms with E-state index in [0.29, 0.717) is 0 Å². The SMILES string of the molecule is CC(=O)Nc1ccc[n+](C(C)(C)C)c1. The Morgan fingerprint density at radius 3 is 2.57 bits per heavy atom. The molecule has 0 fully saturated rings. The molecule has 14 heavy (non-hydrogen) atoms. The smallest absolute Gasteiger partial charge is 0.221 e. The summed E-state index contributed by atoms with van der Waals surface area (Å²) in [5.74, 6) is -0.0448. The number of rotatable bonds is 1. The fourth-order valence-corrected chi connectivity index (χ4v) is 1.17. The van der Waals surface area contributed by atoms with Crippen LogP contribution in [-0.2, 0) is 10.3 Å². The van der Waals surface area contributed by atoms with Gasteiger partial charge in [0, 0.05) is 33.8 Å². The van der Waals surface area contributed by atoms with Gasteiger partial charge in [-0.1, -0.05) is 0 Å². The second-order valence-electron chi connectivity index (χ2n) is 4.35. The van der Waals surface area contributed by atoms with Gasteiger partial charge in [0.1, 0.15) is 5.69 Å². The second-order valence-corrected chi connectivity index (χ2v) is 4.35. The quantitative estimate of drug-likeness (QED) is 0.676. The van der Waals surface area contributed by atoms with Crippen molar-refractivity contribution in [1.29, 1.82) is 0 Å². The normalized spacial score (nSPS) is 11.1. The van der Waals surface area contributed by atoms with E-state index in [1.54, 1.807) is 0 Å². The van der Waals surface area contributed by atoms with E-state index in [-0.39, 0.29) is 11.4 Å². The highest BCUT2D eigenvalue weighted by Crippen LogP contribution is 2.07. The largest absolute Gasteiger partial charge is 0.321 e. The monoisotopic (exact) mass is 193 g/mol. The number of amides is 1. The van der Waals surface area contributed by atoms with Crippen LogP contribution in [0.4, 0.5) is 5.69 Å². The van der Waals surface area contributed by atoms with E-state index in [0.717, 1.165) is 5.69 Å². The van der Waals surface area contributed by atoms with Crippen LogP contribution in [-0.4, -0.2) is 5.91 Å². The molecule has 0 aliphatic carbocycles. The Morgan fingerprint density at radius 2 is 2.07 bits per heavy atom. The van der Waals surface area contributed by atoms with Crippen LogP contribution in [0.1, 0.15) is 27.7 Å². The summed E-state index contributed by atoms with van der Waals surface area (Å²) >= 11 is 0. The predicted molar refractivity (Wildman–Crippen MR) is 55.9 cm³/mol. The highest BCUT2D eigenvalue weighted by atomic mass is 16.1. The molecular formula is C11H17N2O+. The Balaban J connectivity index is 2.95. The first kappa shape index (κ1) is 10.7. The third-order valence-corrected chi connectivity index (χ3v) is 1.90. The number of hydrogen-bond donors (Lipinski definition) is 1. The fraction of sp³-hybridized carbons (Fsp3) is 0.455. The number of aromatic nitrogens is 1. The molecular weight excluding hydrogens is 176 g/mol. The van der Waals surface area contributed by atoms with Gasteiger partial charge < -0.3 is 5.32 Å². The zero-order valence-electron chi connectivity index (χ0n) is 9.16. The van der Waals surface area contributed by atoms with E-state index in [4.69, 9.17) is 0 Å². The number of anilines is 1. The molecule has 1 rings (SSSR count). The summed E-state index contributed by atoms with van der Waals surface area (Å²) in [7, 11) is 0. The second kappa shape index (κ2) is 3.78. The van der Waals surface area contributed by atoms with Crippen LogP contribution in [0, 0.1) is 0 Å². The highest BCUT2D eigenvalue weighted by molar-refractivity contribution is 5.88. The standard InChI is InChI=1S/C11H16N2O/c1-9(14)12-10-6-5-7-13(8-10)11(2,3)4/h5-8H,1-4H3/p+1. The van der Waals surface area contributed by atoms with Gasteiger partial charge in [-0.25, -0.2) is 0 Å². The Hall–Kier alpha value is -1.38. The van der Waals surface area contributed by atoms with Crippen LogP contribution >= 0.6 is 0 Å². The van der Waals surface area contributed by atoms with Crippen molar-refractivity contribution in [3.63, 3.8) is 0 Å². The Kier molecular flexibility index (Phi) is 2.89. The highest BCUT2D eigenvalue weighted by Gasteiger charge is 2.20. The van der Waals surface area contributed by atoms with Crippen molar-refractivity contribution >= 4 is 11.6 Å². The zero-order valence-corrected chi connectivity index (χ0v) is 9.16. The van der Waals surface area contributed by atoms with Crippen LogP contribution in [0.5, 0.6) is 0 Å². The first-order valence-electron chi connectivity index (χ1n) is 4.69. The number of hydrogen-bond acceptors (Lipinski definition) is 1. The van der Waals surface area contributed by atoms with Crippen molar-refractivity contribution in [2.75, 3.05) is 5.32 Å². The molecule has 0 aromatic carbocycles. The maximum absolute atomic E-state index is 10.9. The molecule has 0 aliphatic rings. The summed E-state index contributed by atoms with van der Waals surface area (Å²) in [4.78, 5) is 10.9. The van der Waals surface area contributed by atoms with E-state index >= 15 is 0 Å². The molecule has 3 nitrogen and oxygen atoms in total. The molecule has 1 amide bonds. The fourth-order valence-electron chi connectivity index (χ4n) is 1.17. The molecule has 0 spiro atoms. The molecule has 0 saturated carbocycles. The molecule has 0 radical (unpaired) electrons. The van der Waals surface area contributed by atoms with Crippen LogP contribution in [0.15, 0.2) is 24.5 Å². The number of nitrogens with zero attached hydrogens (tertiary/aromatic N) is 1. The predicted octanol–water partition coefficient (Wildman–Crippen LogP) is 1.69. The third kappa shape index (κ3) is 2.83. The first-order valence-corrected chi connectivity index (χ1v) is 4.69. The maximum atomic E-state index is 10.9. The molecule has 1 aromatic heterocycles. The number of carbonyl (C=O) groups excluding carboxylic acids is 1. The summed E-state index contributed by atoms with van der Waals surface area (Å²) in [5, 5.41) is 2.76. The minimum atomic E-state index is -0.0448. The first-order chi connectivity index (χ1) is 6.39. The van der Waals surface area contributed by atoms with Gasteiger partial charge >= 0.3 is 0 Å². The van der Waals surface area contributed by atoms with Gasteiger partial charge in [-0.3, -0.25) is 4.79 Å². The van der Waals surface area contributed by atoms with Crippen LogP contribution < -0.4 is 9.88 Å². The summed E-state index contributed by atoms with van der Waals surface area (Å²) in [6.45, 7) is 7.86.